The van der Waals surface area contributed by atoms with E-state index < -0.39 is 0 Å². The van der Waals surface area contributed by atoms with Gasteiger partial charge in [0.05, 0.1) is 11.0 Å². The Kier molecular flexibility index (Phi) is 4.84. The van der Waals surface area contributed by atoms with Gasteiger partial charge in [0.2, 0.25) is 0 Å². The number of fused-ring (bicyclic) bond motifs is 1. The Hall–Kier alpha value is -1.02. The van der Waals surface area contributed by atoms with E-state index in [2.05, 4.69) is 29.7 Å². The van der Waals surface area contributed by atoms with Crippen molar-refractivity contribution in [2.75, 3.05) is 5.88 Å². The van der Waals surface area contributed by atoms with Crippen molar-refractivity contribution in [1.29, 1.82) is 0 Å². The van der Waals surface area contributed by atoms with Crippen LogP contribution >= 0.6 is 11.6 Å². The lowest BCUT2D eigenvalue weighted by molar-refractivity contribution is 0.371. The van der Waals surface area contributed by atoms with Gasteiger partial charge < -0.3 is 4.57 Å². The minimum Gasteiger partial charge on any atom is -0.325 e. The lowest BCUT2D eigenvalue weighted by atomic mass is 9.96. The topological polar surface area (TPSA) is 17.8 Å². The summed E-state index contributed by atoms with van der Waals surface area (Å²) >= 11 is 6.02. The molecule has 3 rings (SSSR count). The minimum absolute atomic E-state index is 0.607. The van der Waals surface area contributed by atoms with Crippen molar-refractivity contribution in [3.05, 3.63) is 29.6 Å². The Labute approximate surface area is 132 Å². The van der Waals surface area contributed by atoms with Gasteiger partial charge >= 0.3 is 0 Å². The molecule has 0 spiro atoms. The molecule has 1 fully saturated rings. The molecule has 114 valence electrons. The third kappa shape index (κ3) is 3.11. The second-order valence-electron chi connectivity index (χ2n) is 6.28. The molecular formula is C18H25ClN2. The highest BCUT2D eigenvalue weighted by Crippen LogP contribution is 2.32. The van der Waals surface area contributed by atoms with E-state index in [4.69, 9.17) is 16.6 Å². The minimum atomic E-state index is 0.607. The highest BCUT2D eigenvalue weighted by Gasteiger charge is 2.20. The van der Waals surface area contributed by atoms with Crippen LogP contribution in [0.3, 0.4) is 0 Å². The normalized spacial score (nSPS) is 17.8. The number of hydrogen-bond donors (Lipinski definition) is 0. The van der Waals surface area contributed by atoms with Crippen molar-refractivity contribution in [3.63, 3.8) is 0 Å². The first-order chi connectivity index (χ1) is 10.3. The highest BCUT2D eigenvalue weighted by molar-refractivity contribution is 6.17. The second kappa shape index (κ2) is 6.83. The van der Waals surface area contributed by atoms with E-state index in [9.17, 15) is 0 Å². The molecule has 0 bridgehead atoms. The Morgan fingerprint density at radius 2 is 1.86 bits per heavy atom. The summed E-state index contributed by atoms with van der Waals surface area (Å²) in [4.78, 5) is 4.91. The zero-order valence-electron chi connectivity index (χ0n) is 12.9. The molecule has 21 heavy (non-hydrogen) atoms. The van der Waals surface area contributed by atoms with Gasteiger partial charge in [-0.25, -0.2) is 4.98 Å². The van der Waals surface area contributed by atoms with E-state index in [0.717, 1.165) is 6.42 Å². The van der Waals surface area contributed by atoms with Gasteiger partial charge in [-0.3, -0.25) is 0 Å². The average molecular weight is 305 g/mol. The van der Waals surface area contributed by atoms with Crippen molar-refractivity contribution >= 4 is 22.6 Å². The van der Waals surface area contributed by atoms with Crippen LogP contribution in [-0.2, 0) is 6.42 Å². The Morgan fingerprint density at radius 1 is 1.14 bits per heavy atom. The van der Waals surface area contributed by atoms with Gasteiger partial charge in [0.1, 0.15) is 5.82 Å². The zero-order valence-corrected chi connectivity index (χ0v) is 13.7. The first kappa shape index (κ1) is 14.9. The van der Waals surface area contributed by atoms with E-state index >= 15 is 0 Å². The molecule has 1 aromatic heterocycles. The molecule has 1 aliphatic rings. The number of para-hydroxylation sites is 1. The average Bonchev–Trinajstić information content (AvgIpc) is 2.79. The molecule has 3 heteroatoms. The quantitative estimate of drug-likeness (QED) is 0.693. The van der Waals surface area contributed by atoms with Crippen LogP contribution in [0.5, 0.6) is 0 Å². The Morgan fingerprint density at radius 3 is 2.57 bits per heavy atom. The molecule has 0 amide bonds. The fraction of sp³-hybridized carbons (Fsp3) is 0.611. The number of aromatic nitrogens is 2. The molecule has 0 atom stereocenters. The predicted molar refractivity (Wildman–Crippen MR) is 90.3 cm³/mol. The van der Waals surface area contributed by atoms with Gasteiger partial charge in [0, 0.05) is 18.3 Å². The van der Waals surface area contributed by atoms with Crippen molar-refractivity contribution < 1.29 is 0 Å². The summed E-state index contributed by atoms with van der Waals surface area (Å²) in [6.45, 7) is 2.16. The lowest BCUT2D eigenvalue weighted by Gasteiger charge is -2.24. The molecule has 0 radical (unpaired) electrons. The standard InChI is InChI=1S/C18H25ClN2/c1-14-8-7-11-16-18(14)20-17(12-13-19)21(16)15-9-5-3-2-4-6-10-15/h7-8,11,15H,2-6,9-10,12-13H2,1H3. The van der Waals surface area contributed by atoms with Gasteiger partial charge in [-0.1, -0.05) is 44.2 Å². The van der Waals surface area contributed by atoms with E-state index in [-0.39, 0.29) is 0 Å². The number of halogens is 1. The van der Waals surface area contributed by atoms with Crippen LogP contribution in [0.1, 0.15) is 62.4 Å². The van der Waals surface area contributed by atoms with Gasteiger partial charge in [0.15, 0.2) is 0 Å². The molecule has 1 heterocycles. The Balaban J connectivity index is 2.05. The summed E-state index contributed by atoms with van der Waals surface area (Å²) in [6, 6.07) is 7.15. The van der Waals surface area contributed by atoms with Crippen LogP contribution < -0.4 is 0 Å². The maximum absolute atomic E-state index is 6.02. The first-order valence-corrected chi connectivity index (χ1v) is 8.87. The SMILES string of the molecule is Cc1cccc2c1nc(CCCl)n2C1CCCCCCC1. The molecule has 2 aromatic rings. The van der Waals surface area contributed by atoms with Crippen LogP contribution in [0.25, 0.3) is 11.0 Å². The Bertz CT molecular complexity index is 595. The van der Waals surface area contributed by atoms with Crippen molar-refractivity contribution in [1.82, 2.24) is 9.55 Å². The molecule has 0 unspecified atom stereocenters. The van der Waals surface area contributed by atoms with Gasteiger partial charge in [-0.2, -0.15) is 0 Å². The van der Waals surface area contributed by atoms with Gasteiger partial charge in [0.25, 0.3) is 0 Å². The van der Waals surface area contributed by atoms with E-state index in [1.54, 1.807) is 0 Å². The van der Waals surface area contributed by atoms with Crippen LogP contribution in [0, 0.1) is 6.92 Å². The maximum atomic E-state index is 6.02. The lowest BCUT2D eigenvalue weighted by Crippen LogP contribution is -2.14. The number of alkyl halides is 1. The predicted octanol–water partition coefficient (Wildman–Crippen LogP) is 5.41. The molecule has 2 nitrogen and oxygen atoms in total. The number of nitrogens with zero attached hydrogens (tertiary/aromatic N) is 2. The maximum Gasteiger partial charge on any atom is 0.111 e. The summed E-state index contributed by atoms with van der Waals surface area (Å²) in [5.41, 5.74) is 3.74. The fourth-order valence-corrected chi connectivity index (χ4v) is 3.84. The number of aryl methyl sites for hydroxylation is 2. The molecule has 1 aromatic carbocycles. The van der Waals surface area contributed by atoms with Crippen molar-refractivity contribution in [3.8, 4) is 0 Å². The largest absolute Gasteiger partial charge is 0.325 e. The van der Waals surface area contributed by atoms with E-state index in [1.165, 1.54) is 67.4 Å². The van der Waals surface area contributed by atoms with Crippen LogP contribution in [0.2, 0.25) is 0 Å². The van der Waals surface area contributed by atoms with Crippen molar-refractivity contribution in [2.45, 2.75) is 64.3 Å². The summed E-state index contributed by atoms with van der Waals surface area (Å²) < 4.78 is 2.51. The monoisotopic (exact) mass is 304 g/mol. The molecule has 1 saturated carbocycles. The van der Waals surface area contributed by atoms with E-state index in [0.29, 0.717) is 11.9 Å². The van der Waals surface area contributed by atoms with E-state index in [1.807, 2.05) is 0 Å². The molecular weight excluding hydrogens is 280 g/mol. The molecule has 0 N–H and O–H groups in total. The number of imidazole rings is 1. The first-order valence-electron chi connectivity index (χ1n) is 8.33. The zero-order chi connectivity index (χ0) is 14.7. The summed E-state index contributed by atoms with van der Waals surface area (Å²) in [5.74, 6) is 1.83. The smallest absolute Gasteiger partial charge is 0.111 e. The summed E-state index contributed by atoms with van der Waals surface area (Å²) in [5, 5.41) is 0. The second-order valence-corrected chi connectivity index (χ2v) is 6.66. The molecule has 1 aliphatic carbocycles. The van der Waals surface area contributed by atoms with Gasteiger partial charge in [-0.15, -0.1) is 11.6 Å². The molecule has 0 aliphatic heterocycles. The van der Waals surface area contributed by atoms with Gasteiger partial charge in [-0.05, 0) is 31.4 Å². The summed E-state index contributed by atoms with van der Waals surface area (Å²) in [7, 11) is 0. The number of rotatable bonds is 3. The summed E-state index contributed by atoms with van der Waals surface area (Å²) in [6.07, 6.45) is 10.3. The van der Waals surface area contributed by atoms with Crippen molar-refractivity contribution in [2.24, 2.45) is 0 Å². The van der Waals surface area contributed by atoms with Crippen LogP contribution in [0.15, 0.2) is 18.2 Å². The number of benzene rings is 1. The third-order valence-corrected chi connectivity index (χ3v) is 4.94. The highest BCUT2D eigenvalue weighted by atomic mass is 35.5. The molecule has 0 saturated heterocycles. The number of hydrogen-bond acceptors (Lipinski definition) is 1. The van der Waals surface area contributed by atoms with Crippen LogP contribution in [-0.4, -0.2) is 15.4 Å². The third-order valence-electron chi connectivity index (χ3n) is 4.75. The van der Waals surface area contributed by atoms with Crippen LogP contribution in [0.4, 0.5) is 0 Å². The fourth-order valence-electron chi connectivity index (χ4n) is 3.67.